The first kappa shape index (κ1) is 19.4. The fraction of sp³-hybridized carbons (Fsp3) is 0.650. The zero-order chi connectivity index (χ0) is 18.1. The molecule has 1 heterocycles. The number of nitrogens with zero attached hydrogens (tertiary/aromatic N) is 3. The molecule has 1 fully saturated rings. The van der Waals surface area contributed by atoms with E-state index in [1.165, 1.54) is 24.9 Å². The average Bonchev–Trinajstić information content (AvgIpc) is 3.11. The van der Waals surface area contributed by atoms with Crippen molar-refractivity contribution in [1.29, 1.82) is 0 Å². The molecule has 1 aromatic carbocycles. The standard InChI is InChI=1S/C20H34N4O/c1-5-7-13-23(3)20(21-6-2)22-15-17-12-14-24(16-17)18-10-8-9-11-19(18)25-4/h8-11,17H,5-7,12-16H2,1-4H3,(H,21,22). The van der Waals surface area contributed by atoms with Crippen LogP contribution in [0.25, 0.3) is 0 Å². The van der Waals surface area contributed by atoms with Crippen LogP contribution in [0.4, 0.5) is 5.69 Å². The summed E-state index contributed by atoms with van der Waals surface area (Å²) >= 11 is 0. The van der Waals surface area contributed by atoms with Gasteiger partial charge in [0.2, 0.25) is 0 Å². The number of anilines is 1. The van der Waals surface area contributed by atoms with Crippen LogP contribution in [0.1, 0.15) is 33.1 Å². The Morgan fingerprint density at radius 3 is 2.88 bits per heavy atom. The average molecular weight is 347 g/mol. The number of hydrogen-bond acceptors (Lipinski definition) is 3. The van der Waals surface area contributed by atoms with E-state index < -0.39 is 0 Å². The van der Waals surface area contributed by atoms with Gasteiger partial charge in [-0.05, 0) is 37.8 Å². The molecule has 5 nitrogen and oxygen atoms in total. The summed E-state index contributed by atoms with van der Waals surface area (Å²) in [5.41, 5.74) is 1.20. The van der Waals surface area contributed by atoms with Gasteiger partial charge in [-0.25, -0.2) is 0 Å². The molecule has 1 saturated heterocycles. The van der Waals surface area contributed by atoms with Crippen LogP contribution in [0, 0.1) is 5.92 Å². The topological polar surface area (TPSA) is 40.1 Å². The van der Waals surface area contributed by atoms with E-state index in [4.69, 9.17) is 9.73 Å². The summed E-state index contributed by atoms with van der Waals surface area (Å²) in [6.45, 7) is 9.31. The molecule has 1 aliphatic heterocycles. The molecular weight excluding hydrogens is 312 g/mol. The van der Waals surface area contributed by atoms with Gasteiger partial charge in [-0.15, -0.1) is 0 Å². The number of aliphatic imine (C=N–C) groups is 1. The molecule has 0 spiro atoms. The molecule has 2 rings (SSSR count). The number of rotatable bonds is 8. The van der Waals surface area contributed by atoms with Gasteiger partial charge in [0, 0.05) is 39.8 Å². The third kappa shape index (κ3) is 5.55. The van der Waals surface area contributed by atoms with Gasteiger partial charge in [0.05, 0.1) is 12.8 Å². The second kappa shape index (κ2) is 10.2. The van der Waals surface area contributed by atoms with Gasteiger partial charge in [0.25, 0.3) is 0 Å². The normalized spacial score (nSPS) is 17.7. The molecule has 1 N–H and O–H groups in total. The SMILES string of the molecule is CCCCN(C)C(=NCC1CCN(c2ccccc2OC)C1)NCC. The molecule has 0 saturated carbocycles. The van der Waals surface area contributed by atoms with Crippen LogP contribution < -0.4 is 15.0 Å². The zero-order valence-electron chi connectivity index (χ0n) is 16.3. The van der Waals surface area contributed by atoms with Crippen LogP contribution in [0.5, 0.6) is 5.75 Å². The van der Waals surface area contributed by atoms with Gasteiger partial charge in [0.15, 0.2) is 5.96 Å². The van der Waals surface area contributed by atoms with Gasteiger partial charge in [0.1, 0.15) is 5.75 Å². The minimum atomic E-state index is 0.596. The summed E-state index contributed by atoms with van der Waals surface area (Å²) < 4.78 is 5.51. The first-order chi connectivity index (χ1) is 12.2. The molecule has 140 valence electrons. The van der Waals surface area contributed by atoms with E-state index in [1.54, 1.807) is 7.11 Å². The van der Waals surface area contributed by atoms with Gasteiger partial charge in [-0.3, -0.25) is 4.99 Å². The van der Waals surface area contributed by atoms with E-state index in [9.17, 15) is 0 Å². The Bertz CT molecular complexity index is 546. The molecule has 0 aliphatic carbocycles. The fourth-order valence-corrected chi connectivity index (χ4v) is 3.28. The highest BCUT2D eigenvalue weighted by Gasteiger charge is 2.24. The van der Waals surface area contributed by atoms with Crippen LogP contribution in [0.3, 0.4) is 0 Å². The highest BCUT2D eigenvalue weighted by atomic mass is 16.5. The van der Waals surface area contributed by atoms with Crippen LogP contribution in [0.15, 0.2) is 29.3 Å². The second-order valence-corrected chi connectivity index (χ2v) is 6.74. The lowest BCUT2D eigenvalue weighted by Gasteiger charge is -2.23. The Balaban J connectivity index is 1.94. The lowest BCUT2D eigenvalue weighted by Crippen LogP contribution is -2.39. The molecule has 0 aromatic heterocycles. The van der Waals surface area contributed by atoms with Crippen molar-refractivity contribution in [3.05, 3.63) is 24.3 Å². The lowest BCUT2D eigenvalue weighted by molar-refractivity contribution is 0.414. The number of ether oxygens (including phenoxy) is 1. The smallest absolute Gasteiger partial charge is 0.193 e. The third-order valence-electron chi connectivity index (χ3n) is 4.75. The summed E-state index contributed by atoms with van der Waals surface area (Å²) in [6.07, 6.45) is 3.59. The molecule has 1 unspecified atom stereocenters. The highest BCUT2D eigenvalue weighted by molar-refractivity contribution is 5.79. The number of guanidine groups is 1. The molecule has 1 aromatic rings. The summed E-state index contributed by atoms with van der Waals surface area (Å²) in [4.78, 5) is 9.57. The Hall–Kier alpha value is -1.91. The molecule has 0 radical (unpaired) electrons. The second-order valence-electron chi connectivity index (χ2n) is 6.74. The summed E-state index contributed by atoms with van der Waals surface area (Å²) in [5, 5.41) is 3.42. The van der Waals surface area contributed by atoms with E-state index in [0.717, 1.165) is 44.4 Å². The van der Waals surface area contributed by atoms with E-state index in [1.807, 2.05) is 12.1 Å². The van der Waals surface area contributed by atoms with E-state index in [2.05, 4.69) is 48.1 Å². The minimum absolute atomic E-state index is 0.596. The van der Waals surface area contributed by atoms with Crippen molar-refractivity contribution in [2.75, 3.05) is 51.8 Å². The predicted octanol–water partition coefficient (Wildman–Crippen LogP) is 3.22. The van der Waals surface area contributed by atoms with Crippen molar-refractivity contribution in [2.24, 2.45) is 10.9 Å². The van der Waals surface area contributed by atoms with E-state index >= 15 is 0 Å². The quantitative estimate of drug-likeness (QED) is 0.579. The van der Waals surface area contributed by atoms with Crippen molar-refractivity contribution in [2.45, 2.75) is 33.1 Å². The van der Waals surface area contributed by atoms with Crippen molar-refractivity contribution in [3.63, 3.8) is 0 Å². The van der Waals surface area contributed by atoms with Gasteiger partial charge < -0.3 is 19.9 Å². The maximum atomic E-state index is 5.51. The molecule has 5 heteroatoms. The summed E-state index contributed by atoms with van der Waals surface area (Å²) in [7, 11) is 3.87. The predicted molar refractivity (Wildman–Crippen MR) is 107 cm³/mol. The lowest BCUT2D eigenvalue weighted by atomic mass is 10.1. The Morgan fingerprint density at radius 2 is 2.16 bits per heavy atom. The summed E-state index contributed by atoms with van der Waals surface area (Å²) in [6, 6.07) is 8.28. The Kier molecular flexibility index (Phi) is 7.89. The Morgan fingerprint density at radius 1 is 1.36 bits per heavy atom. The van der Waals surface area contributed by atoms with Crippen molar-refractivity contribution in [1.82, 2.24) is 10.2 Å². The molecule has 0 bridgehead atoms. The maximum absolute atomic E-state index is 5.51. The molecule has 0 amide bonds. The van der Waals surface area contributed by atoms with Gasteiger partial charge in [-0.1, -0.05) is 25.5 Å². The van der Waals surface area contributed by atoms with Crippen LogP contribution in [-0.4, -0.2) is 57.7 Å². The minimum Gasteiger partial charge on any atom is -0.495 e. The number of para-hydroxylation sites is 2. The first-order valence-corrected chi connectivity index (χ1v) is 9.57. The monoisotopic (exact) mass is 346 g/mol. The van der Waals surface area contributed by atoms with Crippen molar-refractivity contribution < 1.29 is 4.74 Å². The number of unbranched alkanes of at least 4 members (excludes halogenated alkanes) is 1. The number of benzene rings is 1. The van der Waals surface area contributed by atoms with Crippen LogP contribution in [0.2, 0.25) is 0 Å². The first-order valence-electron chi connectivity index (χ1n) is 9.57. The van der Waals surface area contributed by atoms with Gasteiger partial charge >= 0.3 is 0 Å². The Labute approximate surface area is 153 Å². The molecular formula is C20H34N4O. The highest BCUT2D eigenvalue weighted by Crippen LogP contribution is 2.31. The fourth-order valence-electron chi connectivity index (χ4n) is 3.28. The molecule has 1 aliphatic rings. The number of methoxy groups -OCH3 is 1. The third-order valence-corrected chi connectivity index (χ3v) is 4.75. The number of nitrogens with one attached hydrogen (secondary N) is 1. The van der Waals surface area contributed by atoms with Crippen molar-refractivity contribution >= 4 is 11.6 Å². The van der Waals surface area contributed by atoms with Crippen LogP contribution >= 0.6 is 0 Å². The van der Waals surface area contributed by atoms with Gasteiger partial charge in [-0.2, -0.15) is 0 Å². The van der Waals surface area contributed by atoms with E-state index in [0.29, 0.717) is 5.92 Å². The largest absolute Gasteiger partial charge is 0.495 e. The van der Waals surface area contributed by atoms with E-state index in [-0.39, 0.29) is 0 Å². The summed E-state index contributed by atoms with van der Waals surface area (Å²) in [5.74, 6) is 2.59. The molecule has 1 atom stereocenters. The molecule has 25 heavy (non-hydrogen) atoms. The zero-order valence-corrected chi connectivity index (χ0v) is 16.3. The van der Waals surface area contributed by atoms with Crippen LogP contribution in [-0.2, 0) is 0 Å². The van der Waals surface area contributed by atoms with Crippen molar-refractivity contribution in [3.8, 4) is 5.75 Å². The number of hydrogen-bond donors (Lipinski definition) is 1. The maximum Gasteiger partial charge on any atom is 0.193 e.